The van der Waals surface area contributed by atoms with E-state index in [4.69, 9.17) is 14.6 Å². The topological polar surface area (TPSA) is 96.9 Å². The molecule has 168 valence electrons. The summed E-state index contributed by atoms with van der Waals surface area (Å²) in [6.45, 7) is 4.00. The van der Waals surface area contributed by atoms with E-state index in [0.29, 0.717) is 23.6 Å². The summed E-state index contributed by atoms with van der Waals surface area (Å²) in [5.41, 5.74) is 0.0151. The van der Waals surface area contributed by atoms with Gasteiger partial charge < -0.3 is 25.2 Å². The Hall–Kier alpha value is -4.07. The van der Waals surface area contributed by atoms with Crippen molar-refractivity contribution in [3.05, 3.63) is 89.6 Å². The maximum absolute atomic E-state index is 14.2. The number of nitrogens with one attached hydrogen (secondary N) is 2. The number of methoxy groups -OCH3 is 1. The van der Waals surface area contributed by atoms with Crippen molar-refractivity contribution >= 4 is 17.7 Å². The molecule has 32 heavy (non-hydrogen) atoms. The molecule has 0 atom stereocenters. The third kappa shape index (κ3) is 6.73. The van der Waals surface area contributed by atoms with Crippen LogP contribution in [0, 0.1) is 5.82 Å². The first kappa shape index (κ1) is 24.2. The Morgan fingerprint density at radius 1 is 1.06 bits per heavy atom. The number of allylic oxidation sites excluding steroid dienone is 4. The number of hydrogen-bond acceptors (Lipinski definition) is 4. The van der Waals surface area contributed by atoms with Crippen LogP contribution in [0.5, 0.6) is 11.5 Å². The Labute approximate surface area is 185 Å². The van der Waals surface area contributed by atoms with Gasteiger partial charge in [-0.1, -0.05) is 38.1 Å². The van der Waals surface area contributed by atoms with Gasteiger partial charge >= 0.3 is 12.0 Å². The largest absolute Gasteiger partial charge is 0.496 e. The quantitative estimate of drug-likeness (QED) is 0.552. The molecule has 7 nitrogen and oxygen atoms in total. The number of rotatable bonds is 6. The predicted molar refractivity (Wildman–Crippen MR) is 120 cm³/mol. The predicted octanol–water partition coefficient (Wildman–Crippen LogP) is 5.49. The molecule has 1 aliphatic carbocycles. The number of carboxylic acids is 1. The third-order valence-electron chi connectivity index (χ3n) is 4.09. The van der Waals surface area contributed by atoms with Crippen LogP contribution in [0.15, 0.2) is 78.2 Å². The van der Waals surface area contributed by atoms with Gasteiger partial charge in [-0.3, -0.25) is 0 Å². The molecule has 0 heterocycles. The molecule has 0 bridgehead atoms. The molecule has 1 aliphatic rings. The highest BCUT2D eigenvalue weighted by Crippen LogP contribution is 2.26. The number of carbonyl (C=O) groups excluding carboxylic acids is 1. The average Bonchev–Trinajstić information content (AvgIpc) is 3.01. The molecular formula is C24H25FN2O5. The number of amides is 2. The molecule has 3 N–H and O–H groups in total. The van der Waals surface area contributed by atoms with Crippen LogP contribution in [0.3, 0.4) is 0 Å². The Kier molecular flexibility index (Phi) is 9.04. The maximum atomic E-state index is 14.2. The minimum Gasteiger partial charge on any atom is -0.496 e. The summed E-state index contributed by atoms with van der Waals surface area (Å²) < 4.78 is 24.9. The van der Waals surface area contributed by atoms with E-state index in [0.717, 1.165) is 12.1 Å². The van der Waals surface area contributed by atoms with Gasteiger partial charge in [0.05, 0.1) is 12.8 Å². The fourth-order valence-electron chi connectivity index (χ4n) is 2.68. The number of anilines is 1. The molecule has 0 saturated carbocycles. The van der Waals surface area contributed by atoms with E-state index in [1.54, 1.807) is 18.2 Å². The molecule has 0 fully saturated rings. The molecule has 0 spiro atoms. The smallest absolute Gasteiger partial charge is 0.339 e. The highest BCUT2D eigenvalue weighted by Gasteiger charge is 2.17. The van der Waals surface area contributed by atoms with Gasteiger partial charge in [-0.25, -0.2) is 14.0 Å². The van der Waals surface area contributed by atoms with Crippen LogP contribution in [-0.2, 0) is 0 Å². The zero-order chi connectivity index (χ0) is 23.5. The van der Waals surface area contributed by atoms with Crippen LogP contribution in [0.4, 0.5) is 14.9 Å². The monoisotopic (exact) mass is 440 g/mol. The summed E-state index contributed by atoms with van der Waals surface area (Å²) in [6.07, 6.45) is 7.42. The summed E-state index contributed by atoms with van der Waals surface area (Å²) in [6, 6.07) is 10.5. The minimum absolute atomic E-state index is 0.0681. The Bertz CT molecular complexity index is 1050. The number of hydrogen-bond donors (Lipinski definition) is 3. The van der Waals surface area contributed by atoms with E-state index in [9.17, 15) is 14.0 Å². The number of halogens is 1. The van der Waals surface area contributed by atoms with Crippen LogP contribution in [0.25, 0.3) is 0 Å². The molecule has 0 radical (unpaired) electrons. The lowest BCUT2D eigenvalue weighted by Gasteiger charge is -2.12. The lowest BCUT2D eigenvalue weighted by atomic mass is 10.1. The standard InChI is InChI=1S/C22H19FN2O5.C2H6/c1-29-20-13-19(18(23)12-17(20)21(26)27)25-22(28)24-14-6-5-9-16(11-10-14)30-15-7-3-2-4-8-15;1-2/h2-5,7-13H,6H2,1H3,(H,26,27)(H2,24,25,28);1-2H3. The van der Waals surface area contributed by atoms with Crippen LogP contribution < -0.4 is 20.1 Å². The molecule has 2 aromatic rings. The summed E-state index contributed by atoms with van der Waals surface area (Å²) in [4.78, 5) is 23.4. The second-order valence-corrected chi connectivity index (χ2v) is 6.20. The van der Waals surface area contributed by atoms with E-state index < -0.39 is 17.8 Å². The second-order valence-electron chi connectivity index (χ2n) is 6.20. The number of para-hydroxylation sites is 1. The van der Waals surface area contributed by atoms with Gasteiger partial charge in [-0.15, -0.1) is 0 Å². The average molecular weight is 440 g/mol. The number of urea groups is 1. The normalized spacial score (nSPS) is 12.2. The van der Waals surface area contributed by atoms with E-state index in [1.165, 1.54) is 7.11 Å². The lowest BCUT2D eigenvalue weighted by molar-refractivity contribution is 0.0692. The molecule has 0 aromatic heterocycles. The number of carboxylic acid groups (broad SMARTS) is 1. The highest BCUT2D eigenvalue weighted by molar-refractivity contribution is 5.94. The van der Waals surface area contributed by atoms with Crippen LogP contribution >= 0.6 is 0 Å². The number of carbonyl (C=O) groups is 2. The van der Waals surface area contributed by atoms with Crippen molar-refractivity contribution in [2.45, 2.75) is 20.3 Å². The fraction of sp³-hybridized carbons (Fsp3) is 0.167. The second kappa shape index (κ2) is 11.9. The first-order chi connectivity index (χ1) is 15.5. The first-order valence-corrected chi connectivity index (χ1v) is 9.95. The fourth-order valence-corrected chi connectivity index (χ4v) is 2.68. The van der Waals surface area contributed by atoms with Crippen molar-refractivity contribution in [3.63, 3.8) is 0 Å². The Morgan fingerprint density at radius 2 is 1.78 bits per heavy atom. The molecule has 2 aromatic carbocycles. The molecule has 8 heteroatoms. The van der Waals surface area contributed by atoms with Gasteiger partial charge in [0.25, 0.3) is 0 Å². The number of benzene rings is 2. The van der Waals surface area contributed by atoms with Crippen LogP contribution in [0.2, 0.25) is 0 Å². The summed E-state index contributed by atoms with van der Waals surface area (Å²) in [7, 11) is 1.26. The van der Waals surface area contributed by atoms with Gasteiger partial charge in [0, 0.05) is 18.2 Å². The number of ether oxygens (including phenoxy) is 2. The summed E-state index contributed by atoms with van der Waals surface area (Å²) in [5.74, 6) is -1.01. The van der Waals surface area contributed by atoms with Crippen molar-refractivity contribution < 1.29 is 28.6 Å². The maximum Gasteiger partial charge on any atom is 0.339 e. The molecule has 3 rings (SSSR count). The zero-order valence-electron chi connectivity index (χ0n) is 18.0. The van der Waals surface area contributed by atoms with E-state index in [2.05, 4.69) is 10.6 Å². The Morgan fingerprint density at radius 3 is 2.44 bits per heavy atom. The van der Waals surface area contributed by atoms with Crippen LogP contribution in [-0.4, -0.2) is 24.2 Å². The lowest BCUT2D eigenvalue weighted by Crippen LogP contribution is -2.28. The van der Waals surface area contributed by atoms with E-state index in [1.807, 2.05) is 50.3 Å². The van der Waals surface area contributed by atoms with Crippen molar-refractivity contribution in [2.24, 2.45) is 0 Å². The summed E-state index contributed by atoms with van der Waals surface area (Å²) in [5, 5.41) is 14.1. The third-order valence-corrected chi connectivity index (χ3v) is 4.09. The Balaban J connectivity index is 0.00000176. The van der Waals surface area contributed by atoms with Gasteiger partial charge in [0.15, 0.2) is 0 Å². The van der Waals surface area contributed by atoms with Gasteiger partial charge in [0.2, 0.25) is 0 Å². The van der Waals surface area contributed by atoms with Crippen molar-refractivity contribution in [3.8, 4) is 11.5 Å². The van der Waals surface area contributed by atoms with Gasteiger partial charge in [0.1, 0.15) is 28.6 Å². The molecule has 0 aliphatic heterocycles. The SMILES string of the molecule is CC.COc1cc(NC(=O)NC2=CC=C(Oc3ccccc3)C=CC2)c(F)cc1C(=O)O. The molecule has 2 amide bonds. The highest BCUT2D eigenvalue weighted by atomic mass is 19.1. The zero-order valence-corrected chi connectivity index (χ0v) is 18.0. The van der Waals surface area contributed by atoms with E-state index in [-0.39, 0.29) is 17.0 Å². The van der Waals surface area contributed by atoms with Crippen molar-refractivity contribution in [2.75, 3.05) is 12.4 Å². The molecule has 0 unspecified atom stereocenters. The molecular weight excluding hydrogens is 415 g/mol. The molecule has 0 saturated heterocycles. The van der Waals surface area contributed by atoms with Crippen molar-refractivity contribution in [1.82, 2.24) is 5.32 Å². The number of aromatic carboxylic acids is 1. The van der Waals surface area contributed by atoms with Crippen molar-refractivity contribution in [1.29, 1.82) is 0 Å². The van der Waals surface area contributed by atoms with Gasteiger partial charge in [-0.2, -0.15) is 0 Å². The first-order valence-electron chi connectivity index (χ1n) is 9.95. The van der Waals surface area contributed by atoms with Gasteiger partial charge in [-0.05, 0) is 36.4 Å². The van der Waals surface area contributed by atoms with E-state index >= 15 is 0 Å². The van der Waals surface area contributed by atoms with Crippen LogP contribution in [0.1, 0.15) is 30.6 Å². The summed E-state index contributed by atoms with van der Waals surface area (Å²) >= 11 is 0. The minimum atomic E-state index is -1.34.